The third-order valence-corrected chi connectivity index (χ3v) is 5.88. The van der Waals surface area contributed by atoms with E-state index in [2.05, 4.69) is 34.5 Å². The Labute approximate surface area is 124 Å². The SMILES string of the molecule is CCC(CC)C(C)NS(=O)(=O)c1ccc(N)cc1Br. The smallest absolute Gasteiger partial charge is 0.241 e. The van der Waals surface area contributed by atoms with Crippen molar-refractivity contribution in [3.05, 3.63) is 22.7 Å². The molecule has 0 saturated carbocycles. The molecule has 4 nitrogen and oxygen atoms in total. The number of hydrogen-bond donors (Lipinski definition) is 2. The van der Waals surface area contributed by atoms with Crippen molar-refractivity contribution in [3.8, 4) is 0 Å². The maximum atomic E-state index is 12.3. The average molecular weight is 349 g/mol. The zero-order valence-electron chi connectivity index (χ0n) is 11.5. The molecule has 1 unspecified atom stereocenters. The third kappa shape index (κ3) is 4.19. The van der Waals surface area contributed by atoms with Gasteiger partial charge in [0.05, 0.1) is 4.90 Å². The largest absolute Gasteiger partial charge is 0.399 e. The first-order chi connectivity index (χ1) is 8.81. The van der Waals surface area contributed by atoms with Crippen LogP contribution in [0.15, 0.2) is 27.6 Å². The summed E-state index contributed by atoms with van der Waals surface area (Å²) in [5, 5.41) is 0. The number of nitrogens with one attached hydrogen (secondary N) is 1. The lowest BCUT2D eigenvalue weighted by molar-refractivity contribution is 0.390. The molecule has 6 heteroatoms. The van der Waals surface area contributed by atoms with Crippen LogP contribution in [0.3, 0.4) is 0 Å². The molecule has 108 valence electrons. The summed E-state index contributed by atoms with van der Waals surface area (Å²) in [6, 6.07) is 4.60. The molecule has 0 bridgehead atoms. The summed E-state index contributed by atoms with van der Waals surface area (Å²) in [4.78, 5) is 0.222. The molecule has 0 radical (unpaired) electrons. The zero-order chi connectivity index (χ0) is 14.6. The van der Waals surface area contributed by atoms with Gasteiger partial charge in [0.1, 0.15) is 0 Å². The Hall–Kier alpha value is -0.590. The maximum absolute atomic E-state index is 12.3. The summed E-state index contributed by atoms with van der Waals surface area (Å²) in [6.45, 7) is 6.04. The second kappa shape index (κ2) is 6.72. The highest BCUT2D eigenvalue weighted by molar-refractivity contribution is 9.10. The van der Waals surface area contributed by atoms with Crippen molar-refractivity contribution in [3.63, 3.8) is 0 Å². The van der Waals surface area contributed by atoms with E-state index in [1.54, 1.807) is 12.1 Å². The van der Waals surface area contributed by atoms with Gasteiger partial charge in [-0.15, -0.1) is 0 Å². The molecular formula is C13H21BrN2O2S. The second-order valence-electron chi connectivity index (χ2n) is 4.68. The molecule has 0 saturated heterocycles. The molecule has 19 heavy (non-hydrogen) atoms. The minimum Gasteiger partial charge on any atom is -0.399 e. The summed E-state index contributed by atoms with van der Waals surface area (Å²) in [7, 11) is -3.52. The number of sulfonamides is 1. The van der Waals surface area contributed by atoms with Crippen LogP contribution < -0.4 is 10.5 Å². The fraction of sp³-hybridized carbons (Fsp3) is 0.538. The molecule has 0 aliphatic rings. The predicted octanol–water partition coefficient (Wildman–Crippen LogP) is 3.13. The van der Waals surface area contributed by atoms with E-state index >= 15 is 0 Å². The molecule has 0 amide bonds. The Morgan fingerprint density at radius 3 is 2.37 bits per heavy atom. The van der Waals surface area contributed by atoms with E-state index in [1.807, 2.05) is 6.92 Å². The van der Waals surface area contributed by atoms with E-state index in [9.17, 15) is 8.42 Å². The van der Waals surface area contributed by atoms with Crippen LogP contribution in [0.1, 0.15) is 33.6 Å². The zero-order valence-corrected chi connectivity index (χ0v) is 13.9. The van der Waals surface area contributed by atoms with E-state index in [4.69, 9.17) is 5.73 Å². The first-order valence-electron chi connectivity index (χ1n) is 6.39. The van der Waals surface area contributed by atoms with Gasteiger partial charge in [-0.25, -0.2) is 13.1 Å². The van der Waals surface area contributed by atoms with Crippen LogP contribution in [0.25, 0.3) is 0 Å². The third-order valence-electron chi connectivity index (χ3n) is 3.34. The average Bonchev–Trinajstić information content (AvgIpc) is 2.29. The highest BCUT2D eigenvalue weighted by Crippen LogP contribution is 2.25. The highest BCUT2D eigenvalue weighted by Gasteiger charge is 2.23. The van der Waals surface area contributed by atoms with Gasteiger partial charge in [-0.05, 0) is 47.0 Å². The monoisotopic (exact) mass is 348 g/mol. The standard InChI is InChI=1S/C13H21BrN2O2S/c1-4-10(5-2)9(3)16-19(17,18)13-7-6-11(15)8-12(13)14/h6-10,16H,4-5,15H2,1-3H3. The van der Waals surface area contributed by atoms with Gasteiger partial charge in [0.15, 0.2) is 0 Å². The van der Waals surface area contributed by atoms with Crippen LogP contribution >= 0.6 is 15.9 Å². The van der Waals surface area contributed by atoms with E-state index in [-0.39, 0.29) is 10.9 Å². The second-order valence-corrected chi connectivity index (χ2v) is 7.21. The van der Waals surface area contributed by atoms with Gasteiger partial charge in [-0.1, -0.05) is 26.7 Å². The molecular weight excluding hydrogens is 328 g/mol. The van der Waals surface area contributed by atoms with Gasteiger partial charge in [0, 0.05) is 16.2 Å². The number of halogens is 1. The lowest BCUT2D eigenvalue weighted by atomic mass is 9.96. The van der Waals surface area contributed by atoms with Crippen molar-refractivity contribution in [2.45, 2.75) is 44.6 Å². The number of anilines is 1. The van der Waals surface area contributed by atoms with Crippen molar-refractivity contribution in [2.75, 3.05) is 5.73 Å². The Morgan fingerprint density at radius 1 is 1.32 bits per heavy atom. The number of hydrogen-bond acceptors (Lipinski definition) is 3. The lowest BCUT2D eigenvalue weighted by Crippen LogP contribution is -2.37. The fourth-order valence-corrected chi connectivity index (χ4v) is 4.54. The summed E-state index contributed by atoms with van der Waals surface area (Å²) in [5.74, 6) is 0.335. The molecule has 1 aromatic carbocycles. The van der Waals surface area contributed by atoms with E-state index in [0.29, 0.717) is 16.1 Å². The summed E-state index contributed by atoms with van der Waals surface area (Å²) in [6.07, 6.45) is 1.90. The van der Waals surface area contributed by atoms with Crippen LogP contribution in [-0.4, -0.2) is 14.5 Å². The summed E-state index contributed by atoms with van der Waals surface area (Å²) >= 11 is 3.24. The van der Waals surface area contributed by atoms with Gasteiger partial charge in [-0.3, -0.25) is 0 Å². The quantitative estimate of drug-likeness (QED) is 0.775. The molecule has 0 spiro atoms. The molecule has 0 aromatic heterocycles. The van der Waals surface area contributed by atoms with Crippen LogP contribution in [0.5, 0.6) is 0 Å². The van der Waals surface area contributed by atoms with Gasteiger partial charge in [0.25, 0.3) is 0 Å². The lowest BCUT2D eigenvalue weighted by Gasteiger charge is -2.22. The Kier molecular flexibility index (Phi) is 5.82. The number of nitrogens with two attached hydrogens (primary N) is 1. The van der Waals surface area contributed by atoms with Gasteiger partial charge >= 0.3 is 0 Å². The fourth-order valence-electron chi connectivity index (χ4n) is 2.14. The van der Waals surface area contributed by atoms with E-state index in [0.717, 1.165) is 12.8 Å². The topological polar surface area (TPSA) is 72.2 Å². The minimum absolute atomic E-state index is 0.0931. The van der Waals surface area contributed by atoms with Gasteiger partial charge < -0.3 is 5.73 Å². The van der Waals surface area contributed by atoms with Gasteiger partial charge in [0.2, 0.25) is 10.0 Å². The summed E-state index contributed by atoms with van der Waals surface area (Å²) < 4.78 is 27.9. The van der Waals surface area contributed by atoms with E-state index < -0.39 is 10.0 Å². The molecule has 0 aliphatic heterocycles. The molecule has 0 heterocycles. The van der Waals surface area contributed by atoms with E-state index in [1.165, 1.54) is 6.07 Å². The molecule has 1 atom stereocenters. The number of rotatable bonds is 6. The van der Waals surface area contributed by atoms with Crippen LogP contribution in [0.4, 0.5) is 5.69 Å². The normalized spacial score (nSPS) is 13.7. The Bertz CT molecular complexity index is 527. The van der Waals surface area contributed by atoms with Crippen molar-refractivity contribution in [1.29, 1.82) is 0 Å². The van der Waals surface area contributed by atoms with Crippen LogP contribution in [0.2, 0.25) is 0 Å². The van der Waals surface area contributed by atoms with Gasteiger partial charge in [-0.2, -0.15) is 0 Å². The Morgan fingerprint density at radius 2 is 1.89 bits per heavy atom. The van der Waals surface area contributed by atoms with Crippen molar-refractivity contribution >= 4 is 31.6 Å². The van der Waals surface area contributed by atoms with Crippen LogP contribution in [0, 0.1) is 5.92 Å². The van der Waals surface area contributed by atoms with Crippen molar-refractivity contribution < 1.29 is 8.42 Å². The number of benzene rings is 1. The molecule has 3 N–H and O–H groups in total. The van der Waals surface area contributed by atoms with Crippen molar-refractivity contribution in [2.24, 2.45) is 5.92 Å². The number of nitrogen functional groups attached to an aromatic ring is 1. The first-order valence-corrected chi connectivity index (χ1v) is 8.66. The maximum Gasteiger partial charge on any atom is 0.241 e. The highest BCUT2D eigenvalue weighted by atomic mass is 79.9. The summed E-state index contributed by atoms with van der Waals surface area (Å²) in [5.41, 5.74) is 6.14. The molecule has 1 rings (SSSR count). The predicted molar refractivity (Wildman–Crippen MR) is 82.4 cm³/mol. The first kappa shape index (κ1) is 16.5. The minimum atomic E-state index is -3.52. The molecule has 0 aliphatic carbocycles. The Balaban J connectivity index is 2.98. The van der Waals surface area contributed by atoms with Crippen molar-refractivity contribution in [1.82, 2.24) is 4.72 Å². The molecule has 1 aromatic rings. The molecule has 0 fully saturated rings. The van der Waals surface area contributed by atoms with Crippen LogP contribution in [-0.2, 0) is 10.0 Å².